The van der Waals surface area contributed by atoms with E-state index in [1.54, 1.807) is 13.8 Å². The van der Waals surface area contributed by atoms with Gasteiger partial charge in [-0.15, -0.1) is 0 Å². The summed E-state index contributed by atoms with van der Waals surface area (Å²) in [4.78, 5) is 50.1. The maximum atomic E-state index is 12.9. The van der Waals surface area contributed by atoms with Crippen LogP contribution in [0.5, 0.6) is 0 Å². The number of rotatable bonds is 5. The van der Waals surface area contributed by atoms with Gasteiger partial charge in [-0.3, -0.25) is 19.3 Å². The zero-order valence-electron chi connectivity index (χ0n) is 14.8. The lowest BCUT2D eigenvalue weighted by molar-refractivity contribution is -0.136. The molecule has 0 saturated carbocycles. The minimum Gasteiger partial charge on any atom is -0.355 e. The Morgan fingerprint density at radius 2 is 2.04 bits per heavy atom. The van der Waals surface area contributed by atoms with Crippen molar-refractivity contribution in [2.24, 2.45) is 0 Å². The Morgan fingerprint density at radius 1 is 1.31 bits per heavy atom. The molecular weight excluding hydrogens is 336 g/mol. The molecule has 1 fully saturated rings. The lowest BCUT2D eigenvalue weighted by Crippen LogP contribution is -2.49. The topological polar surface area (TPSA) is 108 Å². The van der Waals surface area contributed by atoms with Gasteiger partial charge in [-0.25, -0.2) is 4.79 Å². The molecule has 0 unspecified atom stereocenters. The van der Waals surface area contributed by atoms with Crippen molar-refractivity contribution in [3.8, 4) is 0 Å². The molecule has 3 rings (SSSR count). The second-order valence-electron chi connectivity index (χ2n) is 6.57. The van der Waals surface area contributed by atoms with E-state index in [1.165, 1.54) is 0 Å². The van der Waals surface area contributed by atoms with Crippen LogP contribution in [0.1, 0.15) is 31.4 Å². The van der Waals surface area contributed by atoms with Crippen LogP contribution in [-0.4, -0.2) is 47.8 Å². The zero-order valence-corrected chi connectivity index (χ0v) is 14.8. The van der Waals surface area contributed by atoms with Gasteiger partial charge in [-0.05, 0) is 37.8 Å². The maximum Gasteiger partial charge on any atom is 0.325 e. The number of urea groups is 1. The molecule has 1 aromatic carbocycles. The highest BCUT2D eigenvalue weighted by molar-refractivity contribution is 6.10. The monoisotopic (exact) mass is 358 g/mol. The SMILES string of the molecule is CCNC(=O)[C@H](C)NC(=O)CN1C(=O)N[C@]2(CCc3ccccc32)C1=O. The number of nitrogens with zero attached hydrogens (tertiary/aromatic N) is 1. The van der Waals surface area contributed by atoms with Crippen molar-refractivity contribution >= 4 is 23.8 Å². The van der Waals surface area contributed by atoms with Crippen LogP contribution in [0.4, 0.5) is 4.79 Å². The molecule has 1 heterocycles. The highest BCUT2D eigenvalue weighted by Gasteiger charge is 2.55. The van der Waals surface area contributed by atoms with E-state index in [0.29, 0.717) is 19.4 Å². The molecule has 1 aliphatic carbocycles. The fourth-order valence-electron chi connectivity index (χ4n) is 3.56. The summed E-state index contributed by atoms with van der Waals surface area (Å²) in [5, 5.41) is 7.87. The lowest BCUT2D eigenvalue weighted by atomic mass is 9.92. The van der Waals surface area contributed by atoms with E-state index in [-0.39, 0.29) is 5.91 Å². The number of benzene rings is 1. The molecule has 8 heteroatoms. The average Bonchev–Trinajstić information content (AvgIpc) is 3.09. The van der Waals surface area contributed by atoms with Crippen LogP contribution in [0, 0.1) is 0 Å². The van der Waals surface area contributed by atoms with Crippen LogP contribution in [0.25, 0.3) is 0 Å². The number of fused-ring (bicyclic) bond motifs is 2. The third kappa shape index (κ3) is 2.91. The highest BCUT2D eigenvalue weighted by atomic mass is 16.2. The molecule has 0 bridgehead atoms. The Hall–Kier alpha value is -2.90. The number of carbonyl (C=O) groups is 4. The predicted molar refractivity (Wildman–Crippen MR) is 93.0 cm³/mol. The number of hydrogen-bond donors (Lipinski definition) is 3. The van der Waals surface area contributed by atoms with Gasteiger partial charge in [0, 0.05) is 6.54 Å². The van der Waals surface area contributed by atoms with E-state index in [0.717, 1.165) is 16.0 Å². The van der Waals surface area contributed by atoms with E-state index >= 15 is 0 Å². The molecule has 0 aromatic heterocycles. The van der Waals surface area contributed by atoms with Crippen molar-refractivity contribution in [1.29, 1.82) is 0 Å². The summed E-state index contributed by atoms with van der Waals surface area (Å²) >= 11 is 0. The van der Waals surface area contributed by atoms with Crippen LogP contribution in [-0.2, 0) is 26.3 Å². The van der Waals surface area contributed by atoms with Crippen LogP contribution in [0.3, 0.4) is 0 Å². The third-order valence-corrected chi connectivity index (χ3v) is 4.85. The number of amides is 5. The molecule has 26 heavy (non-hydrogen) atoms. The predicted octanol–water partition coefficient (Wildman–Crippen LogP) is 0.0207. The summed E-state index contributed by atoms with van der Waals surface area (Å²) in [5.74, 6) is -1.30. The molecule has 8 nitrogen and oxygen atoms in total. The molecule has 2 atom stereocenters. The third-order valence-electron chi connectivity index (χ3n) is 4.85. The van der Waals surface area contributed by atoms with Gasteiger partial charge < -0.3 is 16.0 Å². The summed E-state index contributed by atoms with van der Waals surface area (Å²) in [6, 6.07) is 6.16. The first kappa shape index (κ1) is 17.9. The maximum absolute atomic E-state index is 12.9. The average molecular weight is 358 g/mol. The molecule has 5 amide bonds. The number of likely N-dealkylation sites (N-methyl/N-ethyl adjacent to an activating group) is 1. The fraction of sp³-hybridized carbons (Fsp3) is 0.444. The van der Waals surface area contributed by atoms with Gasteiger partial charge in [0.25, 0.3) is 5.91 Å². The standard InChI is InChI=1S/C18H22N4O4/c1-3-19-15(24)11(2)20-14(23)10-22-16(25)18(21-17(22)26)9-8-12-6-4-5-7-13(12)18/h4-7,11H,3,8-10H2,1-2H3,(H,19,24)(H,20,23)(H,21,26)/t11-,18-/m0/s1. The fourth-order valence-corrected chi connectivity index (χ4v) is 3.56. The zero-order chi connectivity index (χ0) is 18.9. The van der Waals surface area contributed by atoms with Gasteiger partial charge in [-0.2, -0.15) is 0 Å². The first-order valence-corrected chi connectivity index (χ1v) is 8.68. The van der Waals surface area contributed by atoms with Gasteiger partial charge in [0.05, 0.1) is 0 Å². The van der Waals surface area contributed by atoms with Crippen molar-refractivity contribution in [3.05, 3.63) is 35.4 Å². The summed E-state index contributed by atoms with van der Waals surface area (Å²) in [5.41, 5.74) is 0.730. The van der Waals surface area contributed by atoms with Crippen molar-refractivity contribution in [2.75, 3.05) is 13.1 Å². The minimum atomic E-state index is -1.08. The van der Waals surface area contributed by atoms with Gasteiger partial charge >= 0.3 is 6.03 Å². The Bertz CT molecular complexity index is 778. The summed E-state index contributed by atoms with van der Waals surface area (Å²) in [6.07, 6.45) is 1.17. The second-order valence-corrected chi connectivity index (χ2v) is 6.57. The molecule has 138 valence electrons. The minimum absolute atomic E-state index is 0.320. The van der Waals surface area contributed by atoms with Crippen molar-refractivity contribution in [1.82, 2.24) is 20.9 Å². The molecule has 0 radical (unpaired) electrons. The van der Waals surface area contributed by atoms with Crippen molar-refractivity contribution in [2.45, 2.75) is 38.3 Å². The molecule has 1 spiro atoms. The molecular formula is C18H22N4O4. The number of carbonyl (C=O) groups excluding carboxylic acids is 4. The van der Waals surface area contributed by atoms with E-state index in [1.807, 2.05) is 24.3 Å². The summed E-state index contributed by atoms with van der Waals surface area (Å²) in [6.45, 7) is 3.36. The van der Waals surface area contributed by atoms with E-state index in [9.17, 15) is 19.2 Å². The largest absolute Gasteiger partial charge is 0.355 e. The van der Waals surface area contributed by atoms with E-state index in [2.05, 4.69) is 16.0 Å². The second kappa shape index (κ2) is 6.78. The van der Waals surface area contributed by atoms with Gasteiger partial charge in [0.2, 0.25) is 11.8 Å². The van der Waals surface area contributed by atoms with E-state index in [4.69, 9.17) is 0 Å². The molecule has 1 saturated heterocycles. The Morgan fingerprint density at radius 3 is 2.77 bits per heavy atom. The van der Waals surface area contributed by atoms with Crippen LogP contribution in [0.15, 0.2) is 24.3 Å². The normalized spacial score (nSPS) is 22.2. The quantitative estimate of drug-likeness (QED) is 0.645. The molecule has 3 N–H and O–H groups in total. The lowest BCUT2D eigenvalue weighted by Gasteiger charge is -2.22. The number of hydrogen-bond acceptors (Lipinski definition) is 4. The Labute approximate surface area is 151 Å². The van der Waals surface area contributed by atoms with Gasteiger partial charge in [-0.1, -0.05) is 24.3 Å². The highest BCUT2D eigenvalue weighted by Crippen LogP contribution is 2.41. The Balaban J connectivity index is 1.71. The van der Waals surface area contributed by atoms with Crippen molar-refractivity contribution < 1.29 is 19.2 Å². The number of nitrogens with one attached hydrogen (secondary N) is 3. The number of aryl methyl sites for hydroxylation is 1. The van der Waals surface area contributed by atoms with Crippen molar-refractivity contribution in [3.63, 3.8) is 0 Å². The number of imide groups is 1. The first-order chi connectivity index (χ1) is 12.4. The van der Waals surface area contributed by atoms with Gasteiger partial charge in [0.1, 0.15) is 18.1 Å². The molecule has 1 aliphatic heterocycles. The Kier molecular flexibility index (Phi) is 4.67. The van der Waals surface area contributed by atoms with E-state index < -0.39 is 36.0 Å². The first-order valence-electron chi connectivity index (χ1n) is 8.68. The van der Waals surface area contributed by atoms with Crippen LogP contribution >= 0.6 is 0 Å². The smallest absolute Gasteiger partial charge is 0.325 e. The summed E-state index contributed by atoms with van der Waals surface area (Å²) < 4.78 is 0. The molecule has 1 aromatic rings. The van der Waals surface area contributed by atoms with Crippen LogP contribution < -0.4 is 16.0 Å². The van der Waals surface area contributed by atoms with Crippen LogP contribution in [0.2, 0.25) is 0 Å². The van der Waals surface area contributed by atoms with Gasteiger partial charge in [0.15, 0.2) is 0 Å². The molecule has 2 aliphatic rings. The summed E-state index contributed by atoms with van der Waals surface area (Å²) in [7, 11) is 0.